The highest BCUT2D eigenvalue weighted by Gasteiger charge is 2.34. The van der Waals surface area contributed by atoms with Gasteiger partial charge in [0.2, 0.25) is 5.91 Å². The number of piperazine rings is 1. The van der Waals surface area contributed by atoms with Gasteiger partial charge in [-0.05, 0) is 69.9 Å². The van der Waals surface area contributed by atoms with E-state index < -0.39 is 18.1 Å². The Morgan fingerprint density at radius 3 is 2.45 bits per heavy atom. The van der Waals surface area contributed by atoms with Crippen molar-refractivity contribution in [3.63, 3.8) is 0 Å². The number of thiazole rings is 1. The molecule has 2 amide bonds. The number of halogens is 2. The number of nitrogens with one attached hydrogen (secondary N) is 3. The number of esters is 1. The molecule has 6 heterocycles. The second-order valence-corrected chi connectivity index (χ2v) is 19.8. The van der Waals surface area contributed by atoms with Gasteiger partial charge >= 0.3 is 5.97 Å². The first-order valence-electron chi connectivity index (χ1n) is 22.1. The number of carbonyl (C=O) groups excluding carboxylic acids is 3. The minimum Gasteiger partial charge on any atom is -0.463 e. The lowest BCUT2D eigenvalue weighted by molar-refractivity contribution is -0.150. The fourth-order valence-corrected chi connectivity index (χ4v) is 10.4. The van der Waals surface area contributed by atoms with Gasteiger partial charge in [-0.15, -0.1) is 21.5 Å². The summed E-state index contributed by atoms with van der Waals surface area (Å²) < 4.78 is 7.86. The predicted octanol–water partition coefficient (Wildman–Crippen LogP) is 8.60. The summed E-state index contributed by atoms with van der Waals surface area (Å²) >= 11 is 15.5. The van der Waals surface area contributed by atoms with Crippen LogP contribution in [0.4, 0.5) is 22.5 Å². The Labute approximate surface area is 407 Å². The van der Waals surface area contributed by atoms with Gasteiger partial charge in [-0.1, -0.05) is 79.1 Å². The minimum absolute atomic E-state index is 0.0499. The Hall–Kier alpha value is -5.79. The third-order valence-electron chi connectivity index (χ3n) is 12.1. The number of nitrogens with zero attached hydrogens (tertiary/aromatic N) is 9. The van der Waals surface area contributed by atoms with Crippen LogP contribution in [-0.4, -0.2) is 103 Å². The van der Waals surface area contributed by atoms with Crippen molar-refractivity contribution in [2.75, 3.05) is 54.9 Å². The van der Waals surface area contributed by atoms with Crippen molar-refractivity contribution in [3.8, 4) is 5.00 Å². The van der Waals surface area contributed by atoms with E-state index in [1.165, 1.54) is 17.5 Å². The Morgan fingerprint density at radius 1 is 0.955 bits per heavy atom. The van der Waals surface area contributed by atoms with Gasteiger partial charge in [0.25, 0.3) is 5.91 Å². The van der Waals surface area contributed by atoms with Crippen LogP contribution in [0, 0.1) is 40.5 Å². The van der Waals surface area contributed by atoms with E-state index in [4.69, 9.17) is 37.9 Å². The Bertz CT molecular complexity index is 2820. The number of rotatable bonds is 15. The molecule has 2 aliphatic rings. The van der Waals surface area contributed by atoms with Gasteiger partial charge in [0.15, 0.2) is 11.0 Å². The maximum Gasteiger partial charge on any atom is 0.328 e. The minimum atomic E-state index is -0.847. The van der Waals surface area contributed by atoms with Crippen molar-refractivity contribution in [1.82, 2.24) is 39.9 Å². The Morgan fingerprint density at radius 2 is 1.72 bits per heavy atom. The summed E-state index contributed by atoms with van der Waals surface area (Å²) in [7, 11) is 0. The molecule has 0 aliphatic carbocycles. The number of hydrogen-bond acceptors (Lipinski definition) is 15. The van der Waals surface area contributed by atoms with Crippen molar-refractivity contribution >= 4 is 91.8 Å². The van der Waals surface area contributed by atoms with Crippen LogP contribution >= 0.6 is 45.9 Å². The highest BCUT2D eigenvalue weighted by molar-refractivity contribution is 7.17. The van der Waals surface area contributed by atoms with Crippen LogP contribution in [-0.2, 0) is 14.3 Å². The van der Waals surface area contributed by atoms with Crippen LogP contribution in [0.15, 0.2) is 59.7 Å². The first-order chi connectivity index (χ1) is 32.2. The summed E-state index contributed by atoms with van der Waals surface area (Å²) in [6.45, 7) is 17.2. The molecule has 0 radical (unpaired) electrons. The van der Waals surface area contributed by atoms with Gasteiger partial charge in [0, 0.05) is 59.8 Å². The third kappa shape index (κ3) is 10.7. The number of thiophene rings is 1. The molecule has 16 nitrogen and oxygen atoms in total. The molecule has 0 saturated carbocycles. The molecule has 20 heteroatoms. The zero-order valence-corrected chi connectivity index (χ0v) is 41.5. The summed E-state index contributed by atoms with van der Waals surface area (Å²) in [5.74, 6) is 1.89. The summed E-state index contributed by atoms with van der Waals surface area (Å²) in [6.07, 6.45) is 2.12. The normalized spacial score (nSPS) is 15.7. The SMILES string of the molecule is CC[C@H](C)[C@H](NC(=O)C[C@@H]1N=C(c2ccc(Cl)cc2)c2c(sc(C)c2C)-n2c(C)nnc21)C(=O)OCCN1CCN(c2cc(Nc3ncc(C(=O)Nc4c(C)cccc4Cl)s3)nc(C)n2)CC1. The number of carbonyl (C=O) groups is 3. The number of aromatic nitrogens is 6. The fraction of sp³-hybridized carbons (Fsp3) is 0.383. The van der Waals surface area contributed by atoms with E-state index in [2.05, 4.69) is 59.8 Å². The summed E-state index contributed by atoms with van der Waals surface area (Å²) in [5, 5.41) is 20.6. The second-order valence-electron chi connectivity index (χ2n) is 16.7. The molecule has 0 spiro atoms. The lowest BCUT2D eigenvalue weighted by Crippen LogP contribution is -2.49. The van der Waals surface area contributed by atoms with Crippen LogP contribution in [0.1, 0.15) is 87.0 Å². The van der Waals surface area contributed by atoms with E-state index >= 15 is 0 Å². The molecule has 4 aromatic heterocycles. The molecule has 2 aromatic carbocycles. The summed E-state index contributed by atoms with van der Waals surface area (Å²) in [5.41, 5.74) is 5.12. The van der Waals surface area contributed by atoms with E-state index in [1.807, 2.05) is 81.7 Å². The zero-order valence-electron chi connectivity index (χ0n) is 38.3. The van der Waals surface area contributed by atoms with E-state index in [9.17, 15) is 14.4 Å². The molecule has 3 N–H and O–H groups in total. The molecule has 6 aromatic rings. The van der Waals surface area contributed by atoms with Crippen molar-refractivity contribution < 1.29 is 19.1 Å². The van der Waals surface area contributed by atoms with E-state index in [1.54, 1.807) is 17.4 Å². The van der Waals surface area contributed by atoms with Gasteiger partial charge in [0.1, 0.15) is 51.9 Å². The van der Waals surface area contributed by atoms with Crippen LogP contribution in [0.25, 0.3) is 5.00 Å². The topological polar surface area (TPSA) is 185 Å². The standard InChI is InChI=1S/C47H52Cl2N12O4S2/c1-8-25(2)41(55-38(62)22-34-43-58-57-30(7)61(43)45-39(27(4)28(5)66-45)42(53-34)31-12-14-32(48)15-13-31)46(64)65-21-20-59-16-18-60(19-17-59)37-23-36(51-29(6)52-37)54-47-50-24-35(67-47)44(63)56-40-26(3)10-9-11-33(40)49/h9-15,23-25,34,41H,8,16-22H2,1-7H3,(H,55,62)(H,56,63)(H,50,51,52,54)/t25-,34-,41-/m0/s1. The largest absolute Gasteiger partial charge is 0.463 e. The van der Waals surface area contributed by atoms with Gasteiger partial charge < -0.3 is 25.6 Å². The van der Waals surface area contributed by atoms with Crippen LogP contribution < -0.4 is 20.9 Å². The van der Waals surface area contributed by atoms with Gasteiger partial charge in [-0.25, -0.2) is 19.7 Å². The molecule has 8 rings (SSSR count). The van der Waals surface area contributed by atoms with Gasteiger partial charge in [0.05, 0.1) is 29.0 Å². The molecule has 67 heavy (non-hydrogen) atoms. The number of aryl methyl sites for hydroxylation is 4. The molecule has 0 bridgehead atoms. The smallest absolute Gasteiger partial charge is 0.328 e. The van der Waals surface area contributed by atoms with Crippen LogP contribution in [0.2, 0.25) is 10.0 Å². The lowest BCUT2D eigenvalue weighted by Gasteiger charge is -2.35. The van der Waals surface area contributed by atoms with E-state index in [0.29, 0.717) is 75.1 Å². The highest BCUT2D eigenvalue weighted by atomic mass is 35.5. The van der Waals surface area contributed by atoms with Gasteiger partial charge in [-0.3, -0.25) is 24.0 Å². The molecule has 1 fully saturated rings. The monoisotopic (exact) mass is 982 g/mol. The van der Waals surface area contributed by atoms with Crippen molar-refractivity contribution in [1.29, 1.82) is 0 Å². The van der Waals surface area contributed by atoms with Crippen LogP contribution in [0.5, 0.6) is 0 Å². The van der Waals surface area contributed by atoms with Crippen molar-refractivity contribution in [2.24, 2.45) is 10.9 Å². The first-order valence-corrected chi connectivity index (χ1v) is 24.5. The number of para-hydroxylation sites is 1. The zero-order chi connectivity index (χ0) is 47.5. The predicted molar refractivity (Wildman–Crippen MR) is 265 cm³/mol. The second kappa shape index (κ2) is 20.6. The van der Waals surface area contributed by atoms with Crippen molar-refractivity contribution in [3.05, 3.63) is 114 Å². The molecule has 0 unspecified atom stereocenters. The fourth-order valence-electron chi connectivity index (χ4n) is 8.07. The van der Waals surface area contributed by atoms with Crippen molar-refractivity contribution in [2.45, 2.75) is 73.4 Å². The third-order valence-corrected chi connectivity index (χ3v) is 14.8. The highest BCUT2D eigenvalue weighted by Crippen LogP contribution is 2.40. The lowest BCUT2D eigenvalue weighted by atomic mass is 9.98. The molecular weight excluding hydrogens is 932 g/mol. The Balaban J connectivity index is 0.857. The number of hydrogen-bond donors (Lipinski definition) is 3. The molecular formula is C47H52Cl2N12O4S2. The van der Waals surface area contributed by atoms with Gasteiger partial charge in [-0.2, -0.15) is 0 Å². The maximum atomic E-state index is 14.0. The summed E-state index contributed by atoms with van der Waals surface area (Å²) in [4.78, 5) is 65.6. The maximum absolute atomic E-state index is 14.0. The average Bonchev–Trinajstić information content (AvgIpc) is 3.99. The number of ether oxygens (including phenoxy) is 1. The molecule has 1 saturated heterocycles. The summed E-state index contributed by atoms with van der Waals surface area (Å²) in [6, 6.07) is 13.3. The van der Waals surface area contributed by atoms with Crippen LogP contribution in [0.3, 0.4) is 0 Å². The molecule has 2 aliphatic heterocycles. The molecule has 3 atom stereocenters. The number of benzene rings is 2. The molecule has 350 valence electrons. The quantitative estimate of drug-likeness (QED) is 0.0834. The van der Waals surface area contributed by atoms with E-state index in [0.717, 1.165) is 56.8 Å². The Kier molecular flexibility index (Phi) is 14.7. The number of fused-ring (bicyclic) bond motifs is 3. The number of aliphatic imine (C=N–C) groups is 1. The first kappa shape index (κ1) is 47.7. The number of amides is 2. The van der Waals surface area contributed by atoms with E-state index in [-0.39, 0.29) is 30.8 Å². The average molecular weight is 984 g/mol. The number of anilines is 4.